The van der Waals surface area contributed by atoms with Crippen molar-refractivity contribution >= 4 is 159 Å². The minimum absolute atomic E-state index is 0. The summed E-state index contributed by atoms with van der Waals surface area (Å²) in [6, 6.07) is 48.6. The molecule has 0 saturated heterocycles. The molecule has 0 radical (unpaired) electrons. The maximum Gasteiger partial charge on any atom is 2.00 e. The summed E-state index contributed by atoms with van der Waals surface area (Å²) in [5.74, 6) is -31.3. The van der Waals surface area contributed by atoms with E-state index in [-0.39, 0.29) is 65.8 Å². The van der Waals surface area contributed by atoms with Gasteiger partial charge in [-0.3, -0.25) is 78.2 Å². The van der Waals surface area contributed by atoms with Gasteiger partial charge in [-0.2, -0.15) is 0 Å². The molecule has 112 heavy (non-hydrogen) atoms. The average Bonchev–Trinajstić information content (AvgIpc) is 0.773. The summed E-state index contributed by atoms with van der Waals surface area (Å²) in [7, 11) is 0. The molecular weight excluding hydrogens is 1570 g/mol. The van der Waals surface area contributed by atoms with Crippen LogP contribution >= 0.6 is 0 Å². The molecule has 12 rings (SSSR count). The molecule has 4 aromatic carbocycles. The summed E-state index contributed by atoms with van der Waals surface area (Å²) in [5, 5.41) is 118. The van der Waals surface area contributed by atoms with Crippen molar-refractivity contribution in [3.8, 4) is 0 Å². The molecule has 0 amide bonds. The third-order valence-electron chi connectivity index (χ3n) is 15.1. The van der Waals surface area contributed by atoms with Crippen LogP contribution in [0.3, 0.4) is 0 Å². The fraction of sp³-hybridized carbons (Fsp3) is 0.167. The topological polar surface area (TPSA) is 751 Å². The molecule has 0 aliphatic rings. The van der Waals surface area contributed by atoms with Crippen LogP contribution in [0, 0.1) is 35.5 Å². The van der Waals surface area contributed by atoms with Gasteiger partial charge in [0.1, 0.15) is 0 Å². The zero-order chi connectivity index (χ0) is 76.2. The van der Waals surface area contributed by atoms with Crippen LogP contribution in [0.2, 0.25) is 0 Å². The van der Waals surface area contributed by atoms with E-state index in [1.165, 1.54) is 0 Å². The number of carboxylic acid groups (broad SMARTS) is 12. The number of nitrogens with zero attached hydrogens (tertiary/aromatic N) is 8. The fourth-order valence-corrected chi connectivity index (χ4v) is 10.2. The number of carbonyl (C=O) groups excluding carboxylic acids is 4. The fourth-order valence-electron chi connectivity index (χ4n) is 10.2. The molecule has 598 valence electrons. The maximum atomic E-state index is 10.6. The molecule has 40 heteroatoms. The second-order valence-corrected chi connectivity index (χ2v) is 22.0. The first-order valence-corrected chi connectivity index (χ1v) is 30.5. The van der Waals surface area contributed by atoms with E-state index in [0.717, 1.165) is 87.2 Å². The van der Waals surface area contributed by atoms with Gasteiger partial charge in [0.15, 0.2) is 0 Å². The summed E-state index contributed by atoms with van der Waals surface area (Å²) < 4.78 is 0. The summed E-state index contributed by atoms with van der Waals surface area (Å²) in [6.45, 7) is 0. The Morgan fingerprint density at radius 1 is 0.232 bits per heavy atom. The minimum Gasteiger partial charge on any atom is -0.550 e. The number of fused-ring (bicyclic) bond motifs is 12. The van der Waals surface area contributed by atoms with Crippen molar-refractivity contribution in [3.05, 3.63) is 195 Å². The second kappa shape index (κ2) is 50.2. The first-order chi connectivity index (χ1) is 49.6. The summed E-state index contributed by atoms with van der Waals surface area (Å²) in [6.07, 6.45) is 8.35. The second-order valence-electron chi connectivity index (χ2n) is 22.0. The van der Waals surface area contributed by atoms with Crippen LogP contribution in [0.4, 0.5) is 0 Å². The van der Waals surface area contributed by atoms with E-state index in [9.17, 15) is 78.0 Å². The van der Waals surface area contributed by atoms with E-state index in [2.05, 4.69) is 137 Å². The number of benzene rings is 4. The van der Waals surface area contributed by atoms with Crippen LogP contribution in [0.25, 0.3) is 87.2 Å². The van der Waals surface area contributed by atoms with Crippen molar-refractivity contribution < 1.29 is 185 Å². The van der Waals surface area contributed by atoms with E-state index in [4.69, 9.17) is 40.9 Å². The number of pyridine rings is 8. The molecule has 12 aromatic rings. The van der Waals surface area contributed by atoms with E-state index in [1.807, 2.05) is 48.5 Å². The van der Waals surface area contributed by atoms with E-state index in [0.29, 0.717) is 0 Å². The van der Waals surface area contributed by atoms with Gasteiger partial charge in [-0.1, -0.05) is 97.1 Å². The predicted octanol–water partition coefficient (Wildman–Crippen LogP) is -1.15. The summed E-state index contributed by atoms with van der Waals surface area (Å²) in [5.41, 5.74) is 7.82. The molecule has 0 aliphatic heterocycles. The number of hydrogen-bond donors (Lipinski definition) is 8. The quantitative estimate of drug-likeness (QED) is 0.0311. The Morgan fingerprint density at radius 2 is 0.366 bits per heavy atom. The van der Waals surface area contributed by atoms with Gasteiger partial charge >= 0.3 is 80.7 Å². The van der Waals surface area contributed by atoms with Crippen LogP contribution in [0.1, 0.15) is 38.5 Å². The molecular formula is C72H70N8Ni2O30. The zero-order valence-electron chi connectivity index (χ0n) is 57.5. The van der Waals surface area contributed by atoms with Crippen molar-refractivity contribution in [1.82, 2.24) is 39.9 Å². The van der Waals surface area contributed by atoms with Crippen molar-refractivity contribution in [3.63, 3.8) is 0 Å². The van der Waals surface area contributed by atoms with E-state index >= 15 is 0 Å². The third-order valence-corrected chi connectivity index (χ3v) is 15.1. The van der Waals surface area contributed by atoms with Crippen LogP contribution in [0.5, 0.6) is 0 Å². The van der Waals surface area contributed by atoms with Gasteiger partial charge in [-0.05, 0) is 48.5 Å². The van der Waals surface area contributed by atoms with Gasteiger partial charge in [-0.15, -0.1) is 0 Å². The van der Waals surface area contributed by atoms with Crippen molar-refractivity contribution in [2.45, 2.75) is 38.5 Å². The number of hydrogen-bond acceptors (Lipinski definition) is 24. The smallest absolute Gasteiger partial charge is 0.550 e. The van der Waals surface area contributed by atoms with Crippen LogP contribution in [-0.4, -0.2) is 185 Å². The first-order valence-electron chi connectivity index (χ1n) is 30.5. The number of carbonyl (C=O) groups is 12. The average molecular weight is 1640 g/mol. The largest absolute Gasteiger partial charge is 2.00 e. The molecule has 0 unspecified atom stereocenters. The minimum atomic E-state index is -1.93. The Morgan fingerprint density at radius 3 is 0.482 bits per heavy atom. The first kappa shape index (κ1) is 103. The number of carboxylic acids is 12. The van der Waals surface area contributed by atoms with Gasteiger partial charge in [0, 0.05) is 141 Å². The Hall–Kier alpha value is -13.5. The maximum absolute atomic E-state index is 10.6. The molecule has 0 fully saturated rings. The molecule has 0 saturated carbocycles. The predicted molar refractivity (Wildman–Crippen MR) is 380 cm³/mol. The molecule has 0 aliphatic carbocycles. The molecule has 38 nitrogen and oxygen atoms in total. The van der Waals surface area contributed by atoms with Crippen molar-refractivity contribution in [2.75, 3.05) is 0 Å². The van der Waals surface area contributed by atoms with Crippen molar-refractivity contribution in [1.29, 1.82) is 0 Å². The standard InChI is InChI=1S/4C12H8N2.3C8H10O8.2Ni.6H2O/c4*1-3-9-5-6-10-4-2-8-14-12(10)11(9)13-7-1;3*9-5(10)1-3(7(13)14)4(8(15)16)2-6(11)12;;;;;;;;/h4*1-8H;3*3-4H,1-2H2,(H,9,10)(H,11,12)(H,13,14)(H,15,16);;;6*1H2/q;;;;;;;2*+2;;;;;;/p-4/t;;;;3*3-,4+;;;;;;;;. The molecule has 0 spiro atoms. The molecule has 20 N–H and O–H groups in total. The van der Waals surface area contributed by atoms with Crippen LogP contribution in [-0.2, 0) is 90.5 Å². The molecule has 8 aromatic heterocycles. The number of aliphatic carboxylic acids is 12. The van der Waals surface area contributed by atoms with E-state index in [1.54, 1.807) is 49.6 Å². The van der Waals surface area contributed by atoms with Gasteiger partial charge in [-0.25, -0.2) is 0 Å². The Bertz CT molecular complexity index is 4280. The van der Waals surface area contributed by atoms with Crippen LogP contribution in [0.15, 0.2) is 195 Å². The SMILES string of the molecule is O.O.O.O.O.O.O=C(O)C[C@H](C(=O)[O-])[C@@H](CC(=O)O)C(=O)[O-].O=C([O-])C[C@@H](C(=O)O)[C@H](CC(=O)O)C(=O)O.O=C([O-])C[C@H](C(=O)O)[C@@H](CC(=O)O)C(=O)O.[Ni+2].[Ni+2].c1cnc2c(c1)ccc1cccnc12.c1cnc2c(c1)ccc1cccnc12.c1cnc2c(c1)ccc1cccnc12.c1cnc2c(c1)ccc1cccnc12. The molecule has 8 heterocycles. The number of aromatic nitrogens is 8. The van der Waals surface area contributed by atoms with Gasteiger partial charge in [0.25, 0.3) is 0 Å². The van der Waals surface area contributed by atoms with Gasteiger partial charge in [0.05, 0.1) is 93.5 Å². The third kappa shape index (κ3) is 30.3. The van der Waals surface area contributed by atoms with E-state index < -0.39 is 146 Å². The zero-order valence-corrected chi connectivity index (χ0v) is 59.5. The summed E-state index contributed by atoms with van der Waals surface area (Å²) in [4.78, 5) is 160. The Balaban J connectivity index is -0.00000122. The van der Waals surface area contributed by atoms with Crippen molar-refractivity contribution in [2.24, 2.45) is 35.5 Å². The van der Waals surface area contributed by atoms with Gasteiger partial charge in [0.2, 0.25) is 0 Å². The van der Waals surface area contributed by atoms with Crippen LogP contribution < -0.4 is 20.4 Å². The molecule has 0 bridgehead atoms. The normalized spacial score (nSPS) is 11.3. The monoisotopic (exact) mass is 1640 g/mol. The Kier molecular flexibility index (Phi) is 46.1. The molecule has 6 atom stereocenters. The number of rotatable bonds is 21. The Labute approximate surface area is 649 Å². The van der Waals surface area contributed by atoms with Gasteiger partial charge < -0.3 is 113 Å². The summed E-state index contributed by atoms with van der Waals surface area (Å²) >= 11 is 0.